The second kappa shape index (κ2) is 6.08. The van der Waals surface area contributed by atoms with Crippen molar-refractivity contribution in [3.05, 3.63) is 71.4 Å². The number of thioether (sulfide) groups is 1. The smallest absolute Gasteiger partial charge is 0.289 e. The van der Waals surface area contributed by atoms with Gasteiger partial charge in [0.1, 0.15) is 5.25 Å². The van der Waals surface area contributed by atoms with Gasteiger partial charge in [0, 0.05) is 24.2 Å². The maximum absolute atomic E-state index is 12.2. The number of carbonyl (C=O) groups is 2. The maximum atomic E-state index is 12.2. The summed E-state index contributed by atoms with van der Waals surface area (Å²) in [7, 11) is 1.53. The highest BCUT2D eigenvalue weighted by molar-refractivity contribution is 8.14. The molecule has 2 unspecified atom stereocenters. The molecule has 1 aliphatic heterocycles. The van der Waals surface area contributed by atoms with Crippen LogP contribution in [0, 0.1) is 0 Å². The molecule has 0 spiro atoms. The maximum Gasteiger partial charge on any atom is 0.289 e. The third-order valence-electron chi connectivity index (χ3n) is 4.78. The van der Waals surface area contributed by atoms with E-state index >= 15 is 0 Å². The third-order valence-corrected chi connectivity index (χ3v) is 5.97. The summed E-state index contributed by atoms with van der Waals surface area (Å²) in [6, 6.07) is 18.4. The zero-order chi connectivity index (χ0) is 17.6. The number of H-pyrrole nitrogens is 1. The number of likely N-dealkylation sites (N-methyl/N-ethyl adjacent to an activating group) is 1. The van der Waals surface area contributed by atoms with Gasteiger partial charge in [0.05, 0.1) is 0 Å². The summed E-state index contributed by atoms with van der Waals surface area (Å²) in [5, 5.41) is 0.469. The van der Waals surface area contributed by atoms with E-state index in [-0.39, 0.29) is 17.1 Å². The number of amides is 2. The van der Waals surface area contributed by atoms with Gasteiger partial charge >= 0.3 is 0 Å². The SMILES string of the molecule is CC(c1ccccc1)c1cc2ccc(C3SC(=O)N(C)C3=O)cc2[nH]1. The van der Waals surface area contributed by atoms with Gasteiger partial charge in [-0.05, 0) is 40.4 Å². The lowest BCUT2D eigenvalue weighted by molar-refractivity contribution is -0.125. The highest BCUT2D eigenvalue weighted by Crippen LogP contribution is 2.39. The van der Waals surface area contributed by atoms with Crippen LogP contribution in [0.4, 0.5) is 4.79 Å². The van der Waals surface area contributed by atoms with Crippen LogP contribution in [-0.2, 0) is 4.79 Å². The van der Waals surface area contributed by atoms with Crippen LogP contribution in [0.2, 0.25) is 0 Å². The fraction of sp³-hybridized carbons (Fsp3) is 0.200. The third kappa shape index (κ3) is 2.74. The molecule has 2 amide bonds. The van der Waals surface area contributed by atoms with Crippen molar-refractivity contribution in [3.8, 4) is 0 Å². The van der Waals surface area contributed by atoms with Crippen LogP contribution in [0.5, 0.6) is 0 Å². The minimum absolute atomic E-state index is 0.154. The molecule has 4 rings (SSSR count). The van der Waals surface area contributed by atoms with E-state index in [1.165, 1.54) is 17.5 Å². The van der Waals surface area contributed by atoms with E-state index < -0.39 is 5.25 Å². The predicted molar refractivity (Wildman–Crippen MR) is 101 cm³/mol. The summed E-state index contributed by atoms with van der Waals surface area (Å²) in [5.41, 5.74) is 4.24. The number of hydrogen-bond donors (Lipinski definition) is 1. The highest BCUT2D eigenvalue weighted by Gasteiger charge is 2.38. The molecule has 0 radical (unpaired) electrons. The van der Waals surface area contributed by atoms with E-state index in [2.05, 4.69) is 30.1 Å². The number of aromatic amines is 1. The number of fused-ring (bicyclic) bond motifs is 1. The first-order chi connectivity index (χ1) is 12.0. The minimum atomic E-state index is -0.444. The molecule has 0 saturated carbocycles. The first-order valence-electron chi connectivity index (χ1n) is 8.20. The van der Waals surface area contributed by atoms with Gasteiger partial charge in [-0.25, -0.2) is 0 Å². The molecule has 1 fully saturated rings. The molecule has 2 aromatic carbocycles. The fourth-order valence-electron chi connectivity index (χ4n) is 3.19. The van der Waals surface area contributed by atoms with Gasteiger partial charge in [0.25, 0.3) is 5.24 Å². The molecule has 2 heterocycles. The molecule has 1 N–H and O–H groups in total. The molecule has 25 heavy (non-hydrogen) atoms. The molecule has 126 valence electrons. The monoisotopic (exact) mass is 350 g/mol. The average Bonchev–Trinajstić information content (AvgIpc) is 3.17. The minimum Gasteiger partial charge on any atom is -0.358 e. The molecule has 0 aliphatic carbocycles. The lowest BCUT2D eigenvalue weighted by Gasteiger charge is -2.09. The first-order valence-corrected chi connectivity index (χ1v) is 9.08. The van der Waals surface area contributed by atoms with Gasteiger partial charge in [-0.3, -0.25) is 14.5 Å². The highest BCUT2D eigenvalue weighted by atomic mass is 32.2. The number of benzene rings is 2. The standard InChI is InChI=1S/C20H18N2O2S/c1-12(13-6-4-3-5-7-13)16-10-14-8-9-15(11-17(14)21-16)18-19(23)22(2)20(24)25-18/h3-12,18,21H,1-2H3. The van der Waals surface area contributed by atoms with Crippen LogP contribution in [0.25, 0.3) is 10.9 Å². The van der Waals surface area contributed by atoms with Crippen LogP contribution in [0.3, 0.4) is 0 Å². The Bertz CT molecular complexity index is 964. The van der Waals surface area contributed by atoms with Gasteiger partial charge in [-0.1, -0.05) is 49.4 Å². The van der Waals surface area contributed by atoms with E-state index in [0.717, 1.165) is 33.9 Å². The van der Waals surface area contributed by atoms with Crippen molar-refractivity contribution >= 4 is 33.8 Å². The van der Waals surface area contributed by atoms with Gasteiger partial charge in [-0.2, -0.15) is 0 Å². The summed E-state index contributed by atoms with van der Waals surface area (Å²) >= 11 is 1.08. The molecular formula is C20H18N2O2S. The average molecular weight is 350 g/mol. The van der Waals surface area contributed by atoms with E-state index in [0.29, 0.717) is 0 Å². The van der Waals surface area contributed by atoms with Crippen LogP contribution in [-0.4, -0.2) is 28.1 Å². The van der Waals surface area contributed by atoms with Crippen molar-refractivity contribution in [1.29, 1.82) is 0 Å². The summed E-state index contributed by atoms with van der Waals surface area (Å²) in [5.74, 6) is 0.103. The lowest BCUT2D eigenvalue weighted by atomic mass is 9.98. The van der Waals surface area contributed by atoms with E-state index in [1.807, 2.05) is 36.4 Å². The molecule has 1 aromatic heterocycles. The van der Waals surface area contributed by atoms with Crippen LogP contribution in [0.1, 0.15) is 34.9 Å². The normalized spacial score (nSPS) is 19.0. The Morgan fingerprint density at radius 1 is 1.08 bits per heavy atom. The number of nitrogens with one attached hydrogen (secondary N) is 1. The van der Waals surface area contributed by atoms with Crippen LogP contribution < -0.4 is 0 Å². The Kier molecular flexibility index (Phi) is 3.88. The van der Waals surface area contributed by atoms with Crippen molar-refractivity contribution < 1.29 is 9.59 Å². The number of nitrogens with zero attached hydrogens (tertiary/aromatic N) is 1. The summed E-state index contributed by atoms with van der Waals surface area (Å²) in [6.07, 6.45) is 0. The number of carbonyl (C=O) groups excluding carboxylic acids is 2. The second-order valence-corrected chi connectivity index (χ2v) is 7.42. The van der Waals surface area contributed by atoms with Gasteiger partial charge in [-0.15, -0.1) is 0 Å². The molecule has 2 atom stereocenters. The molecule has 4 nitrogen and oxygen atoms in total. The Hall–Kier alpha value is -2.53. The van der Waals surface area contributed by atoms with Crippen LogP contribution >= 0.6 is 11.8 Å². The fourth-order valence-corrected chi connectivity index (χ4v) is 4.18. The zero-order valence-electron chi connectivity index (χ0n) is 14.0. The summed E-state index contributed by atoms with van der Waals surface area (Å²) < 4.78 is 0. The predicted octanol–water partition coefficient (Wildman–Crippen LogP) is 4.69. The van der Waals surface area contributed by atoms with Crippen molar-refractivity contribution in [3.63, 3.8) is 0 Å². The molecule has 1 aliphatic rings. The Labute approximate surface area is 150 Å². The Morgan fingerprint density at radius 2 is 1.84 bits per heavy atom. The van der Waals surface area contributed by atoms with Gasteiger partial charge in [0.15, 0.2) is 0 Å². The molecule has 3 aromatic rings. The van der Waals surface area contributed by atoms with Gasteiger partial charge in [0.2, 0.25) is 5.91 Å². The number of rotatable bonds is 3. The van der Waals surface area contributed by atoms with Crippen molar-refractivity contribution in [1.82, 2.24) is 9.88 Å². The largest absolute Gasteiger partial charge is 0.358 e. The number of aromatic nitrogens is 1. The van der Waals surface area contributed by atoms with Gasteiger partial charge < -0.3 is 4.98 Å². The zero-order valence-corrected chi connectivity index (χ0v) is 14.8. The Morgan fingerprint density at radius 3 is 2.52 bits per heavy atom. The van der Waals surface area contributed by atoms with Crippen molar-refractivity contribution in [2.75, 3.05) is 7.05 Å². The molecule has 5 heteroatoms. The molecular weight excluding hydrogens is 332 g/mol. The van der Waals surface area contributed by atoms with E-state index in [1.54, 1.807) is 0 Å². The summed E-state index contributed by atoms with van der Waals surface area (Å²) in [6.45, 7) is 2.17. The number of imide groups is 1. The molecule has 1 saturated heterocycles. The van der Waals surface area contributed by atoms with Crippen molar-refractivity contribution in [2.45, 2.75) is 18.1 Å². The molecule has 0 bridgehead atoms. The second-order valence-electron chi connectivity index (χ2n) is 6.36. The van der Waals surface area contributed by atoms with E-state index in [9.17, 15) is 9.59 Å². The summed E-state index contributed by atoms with van der Waals surface area (Å²) in [4.78, 5) is 28.6. The number of hydrogen-bond acceptors (Lipinski definition) is 3. The topological polar surface area (TPSA) is 53.2 Å². The Balaban J connectivity index is 1.68. The van der Waals surface area contributed by atoms with Crippen molar-refractivity contribution in [2.24, 2.45) is 0 Å². The van der Waals surface area contributed by atoms with E-state index in [4.69, 9.17) is 0 Å². The quantitative estimate of drug-likeness (QED) is 0.746. The first kappa shape index (κ1) is 16.0. The van der Waals surface area contributed by atoms with Crippen LogP contribution in [0.15, 0.2) is 54.6 Å². The lowest BCUT2D eigenvalue weighted by Crippen LogP contribution is -2.24.